The first-order chi connectivity index (χ1) is 9.92. The van der Waals surface area contributed by atoms with Crippen LogP contribution in [0.3, 0.4) is 0 Å². The summed E-state index contributed by atoms with van der Waals surface area (Å²) in [5, 5.41) is 13.3. The van der Waals surface area contributed by atoms with Crippen molar-refractivity contribution in [2.24, 2.45) is 5.92 Å². The number of carboxylic acids is 1. The third kappa shape index (κ3) is 6.46. The maximum absolute atomic E-state index is 11.8. The van der Waals surface area contributed by atoms with E-state index in [0.717, 1.165) is 0 Å². The van der Waals surface area contributed by atoms with E-state index in [9.17, 15) is 19.5 Å². The van der Waals surface area contributed by atoms with Crippen molar-refractivity contribution in [3.8, 4) is 0 Å². The second kappa shape index (κ2) is 8.49. The molecule has 21 heavy (non-hydrogen) atoms. The second-order valence-corrected chi connectivity index (χ2v) is 5.41. The van der Waals surface area contributed by atoms with Crippen LogP contribution < -0.4 is 10.4 Å². The van der Waals surface area contributed by atoms with Crippen LogP contribution in [0.25, 0.3) is 0 Å². The second-order valence-electron chi connectivity index (χ2n) is 5.41. The van der Waals surface area contributed by atoms with Crippen LogP contribution in [0, 0.1) is 5.92 Å². The van der Waals surface area contributed by atoms with Crippen LogP contribution in [0.4, 0.5) is 4.79 Å². The molecule has 1 heterocycles. The van der Waals surface area contributed by atoms with Gasteiger partial charge in [-0.15, -0.1) is 0 Å². The van der Waals surface area contributed by atoms with Gasteiger partial charge in [0.2, 0.25) is 5.91 Å². The van der Waals surface area contributed by atoms with E-state index in [0.29, 0.717) is 32.5 Å². The molecule has 1 atom stereocenters. The fourth-order valence-electron chi connectivity index (χ4n) is 2.38. The number of carboxylic acid groups (broad SMARTS) is 1. The van der Waals surface area contributed by atoms with Gasteiger partial charge in [0, 0.05) is 31.5 Å². The molecular weight excluding hydrogens is 276 g/mol. The molecule has 0 bridgehead atoms. The van der Waals surface area contributed by atoms with Gasteiger partial charge < -0.3 is 24.9 Å². The molecular formula is C14H23N2O5-. The number of likely N-dealkylation sites (tertiary alicyclic amines) is 1. The van der Waals surface area contributed by atoms with E-state index in [1.807, 2.05) is 0 Å². The Bertz CT molecular complexity index is 378. The van der Waals surface area contributed by atoms with E-state index >= 15 is 0 Å². The molecule has 0 aromatic rings. The van der Waals surface area contributed by atoms with Gasteiger partial charge in [0.1, 0.15) is 0 Å². The number of nitrogens with zero attached hydrogens (tertiary/aromatic N) is 1. The van der Waals surface area contributed by atoms with Gasteiger partial charge in [0.05, 0.1) is 6.61 Å². The quantitative estimate of drug-likeness (QED) is 0.738. The van der Waals surface area contributed by atoms with Crippen molar-refractivity contribution in [2.75, 3.05) is 19.7 Å². The molecule has 1 fully saturated rings. The number of piperidine rings is 1. The normalized spacial score (nSPS) is 17.1. The van der Waals surface area contributed by atoms with Gasteiger partial charge in [-0.05, 0) is 32.1 Å². The zero-order valence-corrected chi connectivity index (χ0v) is 12.6. The number of hydrogen-bond donors (Lipinski definition) is 1. The Balaban J connectivity index is 2.27. The summed E-state index contributed by atoms with van der Waals surface area (Å²) in [5.41, 5.74) is 0. The van der Waals surface area contributed by atoms with Gasteiger partial charge in [-0.25, -0.2) is 4.79 Å². The van der Waals surface area contributed by atoms with Crippen molar-refractivity contribution in [1.82, 2.24) is 10.2 Å². The average Bonchev–Trinajstić information content (AvgIpc) is 2.38. The lowest BCUT2D eigenvalue weighted by Crippen LogP contribution is -2.47. The molecule has 0 unspecified atom stereocenters. The van der Waals surface area contributed by atoms with Crippen molar-refractivity contribution in [2.45, 2.75) is 45.6 Å². The number of nitrogens with one attached hydrogen (secondary N) is 1. The standard InChI is InChI=1S/C14H24N2O5/c1-3-21-14(20)16-6-4-11(5-7-16)15-12(17)8-10(2)9-13(18)19/h10-11H,3-9H2,1-2H3,(H,15,17)(H,18,19)/p-1/t10-/m1/s1. The summed E-state index contributed by atoms with van der Waals surface area (Å²) in [4.78, 5) is 35.4. The molecule has 0 aliphatic carbocycles. The highest BCUT2D eigenvalue weighted by molar-refractivity contribution is 5.77. The molecule has 120 valence electrons. The molecule has 0 aromatic carbocycles. The molecule has 1 N–H and O–H groups in total. The van der Waals surface area contributed by atoms with Crippen molar-refractivity contribution in [3.63, 3.8) is 0 Å². The predicted molar refractivity (Wildman–Crippen MR) is 73.2 cm³/mol. The third-order valence-electron chi connectivity index (χ3n) is 3.44. The van der Waals surface area contributed by atoms with Crippen LogP contribution in [0.2, 0.25) is 0 Å². The highest BCUT2D eigenvalue weighted by Gasteiger charge is 2.24. The smallest absolute Gasteiger partial charge is 0.409 e. The Morgan fingerprint density at radius 1 is 1.29 bits per heavy atom. The first-order valence-electron chi connectivity index (χ1n) is 7.33. The first kappa shape index (κ1) is 17.3. The molecule has 0 spiro atoms. The van der Waals surface area contributed by atoms with Gasteiger partial charge in [-0.3, -0.25) is 4.79 Å². The topological polar surface area (TPSA) is 98.8 Å². The Hall–Kier alpha value is -1.79. The van der Waals surface area contributed by atoms with Gasteiger partial charge in [-0.2, -0.15) is 0 Å². The summed E-state index contributed by atoms with van der Waals surface area (Å²) in [6, 6.07) is 0.0262. The minimum absolute atomic E-state index is 0.0262. The van der Waals surface area contributed by atoms with E-state index < -0.39 is 5.97 Å². The minimum Gasteiger partial charge on any atom is -0.550 e. The summed E-state index contributed by atoms with van der Waals surface area (Å²) < 4.78 is 4.93. The number of carbonyl (C=O) groups excluding carboxylic acids is 3. The van der Waals surface area contributed by atoms with Crippen LogP contribution in [0.5, 0.6) is 0 Å². The fourth-order valence-corrected chi connectivity index (χ4v) is 2.38. The number of ether oxygens (including phenoxy) is 1. The van der Waals surface area contributed by atoms with Crippen LogP contribution in [-0.2, 0) is 14.3 Å². The maximum atomic E-state index is 11.8. The monoisotopic (exact) mass is 299 g/mol. The zero-order chi connectivity index (χ0) is 15.8. The molecule has 0 saturated carbocycles. The number of rotatable bonds is 6. The SMILES string of the molecule is CCOC(=O)N1CCC(NC(=O)C[C@@H](C)CC(=O)[O-])CC1. The minimum atomic E-state index is -1.14. The van der Waals surface area contributed by atoms with Gasteiger partial charge in [0.25, 0.3) is 0 Å². The van der Waals surface area contributed by atoms with E-state index in [4.69, 9.17) is 4.74 Å². The van der Waals surface area contributed by atoms with Gasteiger partial charge in [0.15, 0.2) is 0 Å². The fraction of sp³-hybridized carbons (Fsp3) is 0.786. The van der Waals surface area contributed by atoms with Crippen LogP contribution in [-0.4, -0.2) is 48.6 Å². The molecule has 1 aliphatic heterocycles. The summed E-state index contributed by atoms with van der Waals surface area (Å²) in [6.45, 7) is 4.93. The van der Waals surface area contributed by atoms with Crippen LogP contribution in [0.15, 0.2) is 0 Å². The van der Waals surface area contributed by atoms with Crippen LogP contribution in [0.1, 0.15) is 39.5 Å². The molecule has 7 heteroatoms. The zero-order valence-electron chi connectivity index (χ0n) is 12.6. The first-order valence-corrected chi connectivity index (χ1v) is 7.33. The average molecular weight is 299 g/mol. The number of aliphatic carboxylic acids is 1. The Labute approximate surface area is 124 Å². The summed E-state index contributed by atoms with van der Waals surface area (Å²) >= 11 is 0. The number of carbonyl (C=O) groups is 3. The van der Waals surface area contributed by atoms with Gasteiger partial charge in [-0.1, -0.05) is 6.92 Å². The van der Waals surface area contributed by atoms with E-state index in [2.05, 4.69) is 5.32 Å². The number of hydrogen-bond acceptors (Lipinski definition) is 5. The molecule has 0 aromatic heterocycles. The largest absolute Gasteiger partial charge is 0.550 e. The molecule has 7 nitrogen and oxygen atoms in total. The Morgan fingerprint density at radius 3 is 2.43 bits per heavy atom. The molecule has 0 radical (unpaired) electrons. The maximum Gasteiger partial charge on any atom is 0.409 e. The lowest BCUT2D eigenvalue weighted by Gasteiger charge is -2.31. The highest BCUT2D eigenvalue weighted by Crippen LogP contribution is 2.13. The molecule has 1 rings (SSSR count). The van der Waals surface area contributed by atoms with E-state index in [1.54, 1.807) is 18.7 Å². The summed E-state index contributed by atoms with van der Waals surface area (Å²) in [6.07, 6.45) is 1.10. The Morgan fingerprint density at radius 2 is 1.90 bits per heavy atom. The van der Waals surface area contributed by atoms with Crippen molar-refractivity contribution >= 4 is 18.0 Å². The molecule has 2 amide bonds. The van der Waals surface area contributed by atoms with E-state index in [1.165, 1.54) is 0 Å². The lowest BCUT2D eigenvalue weighted by atomic mass is 10.0. The van der Waals surface area contributed by atoms with Crippen molar-refractivity contribution < 1.29 is 24.2 Å². The Kier molecular flexibility index (Phi) is 6.98. The summed E-state index contributed by atoms with van der Waals surface area (Å²) in [7, 11) is 0. The third-order valence-corrected chi connectivity index (χ3v) is 3.44. The lowest BCUT2D eigenvalue weighted by molar-refractivity contribution is -0.306. The van der Waals surface area contributed by atoms with E-state index in [-0.39, 0.29) is 36.8 Å². The predicted octanol–water partition coefficient (Wildman–Crippen LogP) is -0.110. The van der Waals surface area contributed by atoms with Gasteiger partial charge >= 0.3 is 6.09 Å². The summed E-state index contributed by atoms with van der Waals surface area (Å²) in [5.74, 6) is -1.54. The highest BCUT2D eigenvalue weighted by atomic mass is 16.6. The number of amides is 2. The molecule has 1 saturated heterocycles. The van der Waals surface area contributed by atoms with Crippen molar-refractivity contribution in [3.05, 3.63) is 0 Å². The van der Waals surface area contributed by atoms with Crippen LogP contribution >= 0.6 is 0 Å². The molecule has 1 aliphatic rings. The van der Waals surface area contributed by atoms with Crippen molar-refractivity contribution in [1.29, 1.82) is 0 Å².